The minimum Gasteiger partial charge on any atom is -0.481 e. The highest BCUT2D eigenvalue weighted by Crippen LogP contribution is 2.35. The van der Waals surface area contributed by atoms with Gasteiger partial charge < -0.3 is 9.94 Å². The molecule has 1 heterocycles. The van der Waals surface area contributed by atoms with E-state index in [1.165, 1.54) is 57.9 Å². The molecule has 0 unspecified atom stereocenters. The van der Waals surface area contributed by atoms with Gasteiger partial charge in [0.25, 0.3) is 0 Å². The highest BCUT2D eigenvalue weighted by Gasteiger charge is 2.32. The summed E-state index contributed by atoms with van der Waals surface area (Å²) in [5.74, 6) is -0.172. The van der Waals surface area contributed by atoms with Crippen molar-refractivity contribution in [3.8, 4) is 0 Å². The number of carboxylic acids is 1. The van der Waals surface area contributed by atoms with Crippen molar-refractivity contribution in [1.29, 1.82) is 0 Å². The van der Waals surface area contributed by atoms with Crippen LogP contribution in [0.25, 0.3) is 0 Å². The fourth-order valence-electron chi connectivity index (χ4n) is 5.10. The van der Waals surface area contributed by atoms with E-state index in [4.69, 9.17) is 9.94 Å². The molecule has 4 rings (SSSR count). The first-order chi connectivity index (χ1) is 16.5. The van der Waals surface area contributed by atoms with Crippen LogP contribution in [0.4, 0.5) is 0 Å². The Morgan fingerprint density at radius 3 is 2.59 bits per heavy atom. The van der Waals surface area contributed by atoms with Gasteiger partial charge in [0.05, 0.1) is 5.92 Å². The predicted octanol–water partition coefficient (Wildman–Crippen LogP) is 6.16. The Balaban J connectivity index is 1.24. The van der Waals surface area contributed by atoms with E-state index in [0.717, 1.165) is 30.9 Å². The van der Waals surface area contributed by atoms with Crippen molar-refractivity contribution in [3.63, 3.8) is 0 Å². The van der Waals surface area contributed by atoms with Gasteiger partial charge >= 0.3 is 5.97 Å². The molecular formula is C28H35IN2O3. The molecular weight excluding hydrogens is 539 g/mol. The van der Waals surface area contributed by atoms with E-state index < -0.39 is 5.97 Å². The van der Waals surface area contributed by atoms with Crippen molar-refractivity contribution < 1.29 is 14.7 Å². The van der Waals surface area contributed by atoms with Crippen molar-refractivity contribution in [3.05, 3.63) is 67.8 Å². The van der Waals surface area contributed by atoms with Crippen LogP contribution in [-0.4, -0.2) is 35.3 Å². The second-order valence-corrected chi connectivity index (χ2v) is 10.8. The summed E-state index contributed by atoms with van der Waals surface area (Å²) < 4.78 is 1.35. The second kappa shape index (κ2) is 12.2. The van der Waals surface area contributed by atoms with Gasteiger partial charge in [0.15, 0.2) is 0 Å². The summed E-state index contributed by atoms with van der Waals surface area (Å²) in [4.78, 5) is 18.8. The molecule has 1 saturated carbocycles. The highest BCUT2D eigenvalue weighted by atomic mass is 127. The van der Waals surface area contributed by atoms with E-state index >= 15 is 0 Å². The molecule has 182 valence electrons. The van der Waals surface area contributed by atoms with Crippen LogP contribution in [0.2, 0.25) is 0 Å². The van der Waals surface area contributed by atoms with Gasteiger partial charge in [-0.25, -0.2) is 0 Å². The minimum absolute atomic E-state index is 0.209. The van der Waals surface area contributed by atoms with Crippen molar-refractivity contribution >= 4 is 34.8 Å². The molecule has 2 aromatic rings. The number of oxime groups is 1. The van der Waals surface area contributed by atoms with Crippen LogP contribution in [-0.2, 0) is 35.6 Å². The second-order valence-electron chi connectivity index (χ2n) is 9.64. The third-order valence-electron chi connectivity index (χ3n) is 7.17. The SMILES string of the molecule is CCc1cc(C/C=N/OCc2ccc(C3CCCCC3)c(I)c2)ccc1CN1CC(C(=O)O)C1. The first-order valence-electron chi connectivity index (χ1n) is 12.5. The van der Waals surface area contributed by atoms with Crippen molar-refractivity contribution in [2.45, 2.75) is 70.9 Å². The molecule has 0 bridgehead atoms. The Hall–Kier alpha value is -1.93. The Bertz CT molecular complexity index is 1010. The van der Waals surface area contributed by atoms with E-state index in [1.54, 1.807) is 0 Å². The average Bonchev–Trinajstić information content (AvgIpc) is 2.81. The number of carbonyl (C=O) groups is 1. The topological polar surface area (TPSA) is 62.1 Å². The molecule has 5 nitrogen and oxygen atoms in total. The number of halogens is 1. The summed E-state index contributed by atoms with van der Waals surface area (Å²) in [6.45, 7) is 4.77. The van der Waals surface area contributed by atoms with E-state index in [-0.39, 0.29) is 5.92 Å². The molecule has 2 fully saturated rings. The van der Waals surface area contributed by atoms with E-state index in [9.17, 15) is 4.79 Å². The third kappa shape index (κ3) is 6.60. The molecule has 0 spiro atoms. The molecule has 1 saturated heterocycles. The van der Waals surface area contributed by atoms with Gasteiger partial charge in [-0.05, 0) is 81.7 Å². The Labute approximate surface area is 216 Å². The summed E-state index contributed by atoms with van der Waals surface area (Å²) in [5.41, 5.74) is 6.48. The smallest absolute Gasteiger partial charge is 0.309 e. The van der Waals surface area contributed by atoms with Crippen molar-refractivity contribution in [2.75, 3.05) is 13.1 Å². The van der Waals surface area contributed by atoms with Gasteiger partial charge in [-0.1, -0.05) is 61.7 Å². The number of benzene rings is 2. The van der Waals surface area contributed by atoms with Crippen LogP contribution >= 0.6 is 22.6 Å². The van der Waals surface area contributed by atoms with Crippen LogP contribution in [0.1, 0.15) is 72.8 Å². The molecule has 0 amide bonds. The van der Waals surface area contributed by atoms with Crippen molar-refractivity contribution in [2.24, 2.45) is 11.1 Å². The lowest BCUT2D eigenvalue weighted by molar-refractivity contribution is -0.147. The van der Waals surface area contributed by atoms with E-state index in [1.807, 2.05) is 6.21 Å². The van der Waals surface area contributed by atoms with Gasteiger partial charge in [0.2, 0.25) is 0 Å². The maximum atomic E-state index is 11.0. The molecule has 0 aromatic heterocycles. The maximum Gasteiger partial charge on any atom is 0.309 e. The number of carboxylic acid groups (broad SMARTS) is 1. The van der Waals surface area contributed by atoms with Crippen LogP contribution < -0.4 is 0 Å². The number of aliphatic carboxylic acids is 1. The molecule has 1 aliphatic heterocycles. The summed E-state index contributed by atoms with van der Waals surface area (Å²) in [6, 6.07) is 13.3. The molecule has 6 heteroatoms. The lowest BCUT2D eigenvalue weighted by Crippen LogP contribution is -2.49. The summed E-state index contributed by atoms with van der Waals surface area (Å²) >= 11 is 2.47. The van der Waals surface area contributed by atoms with Gasteiger partial charge in [0, 0.05) is 35.8 Å². The quantitative estimate of drug-likeness (QED) is 0.210. The van der Waals surface area contributed by atoms with Gasteiger partial charge in [-0.15, -0.1) is 0 Å². The highest BCUT2D eigenvalue weighted by molar-refractivity contribution is 14.1. The first-order valence-corrected chi connectivity index (χ1v) is 13.6. The van der Waals surface area contributed by atoms with E-state index in [2.05, 4.69) is 76.0 Å². The molecule has 2 aromatic carbocycles. The fraction of sp³-hybridized carbons (Fsp3) is 0.500. The molecule has 1 N–H and O–H groups in total. The van der Waals surface area contributed by atoms with Crippen LogP contribution in [0.3, 0.4) is 0 Å². The normalized spacial score (nSPS) is 17.7. The van der Waals surface area contributed by atoms with Crippen LogP contribution in [0.5, 0.6) is 0 Å². The van der Waals surface area contributed by atoms with Gasteiger partial charge in [-0.3, -0.25) is 9.69 Å². The standard InChI is InChI=1S/C28H35IN2O3/c1-2-22-14-20(8-10-24(22)16-31-17-25(18-31)28(32)33)12-13-30-34-19-21-9-11-26(27(29)15-21)23-6-4-3-5-7-23/h8-11,13-15,23,25H,2-7,12,16-19H2,1H3,(H,32,33)/b30-13+. The predicted molar refractivity (Wildman–Crippen MR) is 144 cm³/mol. The Kier molecular flexibility index (Phi) is 9.00. The first kappa shape index (κ1) is 25.2. The van der Waals surface area contributed by atoms with Gasteiger partial charge in [0.1, 0.15) is 6.61 Å². The molecule has 0 radical (unpaired) electrons. The monoisotopic (exact) mass is 574 g/mol. The zero-order valence-corrected chi connectivity index (χ0v) is 22.2. The Morgan fingerprint density at radius 2 is 1.88 bits per heavy atom. The lowest BCUT2D eigenvalue weighted by atomic mass is 9.84. The van der Waals surface area contributed by atoms with Crippen molar-refractivity contribution in [1.82, 2.24) is 4.90 Å². The summed E-state index contributed by atoms with van der Waals surface area (Å²) in [7, 11) is 0. The summed E-state index contributed by atoms with van der Waals surface area (Å²) in [6.07, 6.45) is 10.3. The fourth-order valence-corrected chi connectivity index (χ4v) is 6.12. The summed E-state index contributed by atoms with van der Waals surface area (Å²) in [5, 5.41) is 13.2. The zero-order chi connectivity index (χ0) is 23.9. The minimum atomic E-state index is -0.685. The molecule has 34 heavy (non-hydrogen) atoms. The number of hydrogen-bond acceptors (Lipinski definition) is 4. The lowest BCUT2D eigenvalue weighted by Gasteiger charge is -2.37. The Morgan fingerprint density at radius 1 is 1.12 bits per heavy atom. The zero-order valence-electron chi connectivity index (χ0n) is 20.0. The van der Waals surface area contributed by atoms with Crippen LogP contribution in [0, 0.1) is 9.49 Å². The number of nitrogens with zero attached hydrogens (tertiary/aromatic N) is 2. The molecule has 1 aliphatic carbocycles. The maximum absolute atomic E-state index is 11.0. The molecule has 0 atom stereocenters. The van der Waals surface area contributed by atoms with Gasteiger partial charge in [-0.2, -0.15) is 0 Å². The van der Waals surface area contributed by atoms with Crippen LogP contribution in [0.15, 0.2) is 41.6 Å². The van der Waals surface area contributed by atoms with E-state index in [0.29, 0.717) is 19.7 Å². The number of aryl methyl sites for hydroxylation is 1. The largest absolute Gasteiger partial charge is 0.481 e. The number of hydrogen-bond donors (Lipinski definition) is 1. The number of likely N-dealkylation sites (tertiary alicyclic amines) is 1. The average molecular weight is 575 g/mol. The third-order valence-corrected chi connectivity index (χ3v) is 8.10. The number of rotatable bonds is 10. The molecule has 2 aliphatic rings.